The molecular weight excluding hydrogens is 278 g/mol. The molecule has 2 amide bonds. The number of carbonyl (C=O) groups is 1. The van der Waals surface area contributed by atoms with Crippen LogP contribution >= 0.6 is 0 Å². The summed E-state index contributed by atoms with van der Waals surface area (Å²) in [6.45, 7) is 4.19. The highest BCUT2D eigenvalue weighted by Gasteiger charge is 2.02. The fraction of sp³-hybridized carbons (Fsp3) is 0.294. The Bertz CT molecular complexity index is 612. The molecule has 5 heteroatoms. The molecule has 0 aliphatic rings. The average Bonchev–Trinajstić information content (AvgIpc) is 2.49. The second-order valence-electron chi connectivity index (χ2n) is 5.03. The van der Waals surface area contributed by atoms with Gasteiger partial charge in [-0.3, -0.25) is 5.32 Å². The van der Waals surface area contributed by atoms with Crippen molar-refractivity contribution in [3.63, 3.8) is 0 Å². The van der Waals surface area contributed by atoms with E-state index in [1.807, 2.05) is 37.3 Å². The first-order chi connectivity index (χ1) is 10.7. The molecule has 0 unspecified atom stereocenters. The number of hydrogen-bond donors (Lipinski definition) is 2. The standard InChI is InChI=1S/C17H21N3O2/c1-3-4-14-5-7-15(8-6-14)22-12-19-17(21)20-16-11-13(2)9-10-18-16/h5-11H,3-4,12H2,1-2H3,(H2,18,19,20,21). The van der Waals surface area contributed by atoms with E-state index in [1.165, 1.54) is 5.56 Å². The van der Waals surface area contributed by atoms with Gasteiger partial charge in [0, 0.05) is 6.20 Å². The predicted octanol–water partition coefficient (Wildman–Crippen LogP) is 3.50. The first-order valence-electron chi connectivity index (χ1n) is 7.36. The number of aromatic nitrogens is 1. The van der Waals surface area contributed by atoms with Crippen LogP contribution in [0.3, 0.4) is 0 Å². The highest BCUT2D eigenvalue weighted by molar-refractivity contribution is 5.88. The van der Waals surface area contributed by atoms with Crippen LogP contribution in [0.5, 0.6) is 5.75 Å². The lowest BCUT2D eigenvalue weighted by molar-refractivity contribution is 0.234. The molecule has 1 aromatic carbocycles. The SMILES string of the molecule is CCCc1ccc(OCNC(=O)Nc2cc(C)ccn2)cc1. The Morgan fingerprint density at radius 1 is 1.23 bits per heavy atom. The number of urea groups is 1. The molecular formula is C17H21N3O2. The number of aryl methyl sites for hydroxylation is 2. The molecule has 0 radical (unpaired) electrons. The number of pyridine rings is 1. The summed E-state index contributed by atoms with van der Waals surface area (Å²) >= 11 is 0. The lowest BCUT2D eigenvalue weighted by Gasteiger charge is -2.09. The number of amides is 2. The number of benzene rings is 1. The van der Waals surface area contributed by atoms with Gasteiger partial charge in [-0.15, -0.1) is 0 Å². The third-order valence-electron chi connectivity index (χ3n) is 3.09. The molecule has 116 valence electrons. The van der Waals surface area contributed by atoms with Crippen LogP contribution in [0.1, 0.15) is 24.5 Å². The largest absolute Gasteiger partial charge is 0.473 e. The summed E-state index contributed by atoms with van der Waals surface area (Å²) in [4.78, 5) is 15.8. The Kier molecular flexibility index (Phi) is 5.77. The molecule has 2 N–H and O–H groups in total. The van der Waals surface area contributed by atoms with Crippen LogP contribution in [0, 0.1) is 6.92 Å². The molecule has 22 heavy (non-hydrogen) atoms. The van der Waals surface area contributed by atoms with Crippen LogP contribution in [-0.4, -0.2) is 17.7 Å². The van der Waals surface area contributed by atoms with Crippen LogP contribution in [0.4, 0.5) is 10.6 Å². The van der Waals surface area contributed by atoms with Crippen molar-refractivity contribution in [3.8, 4) is 5.75 Å². The van der Waals surface area contributed by atoms with E-state index < -0.39 is 0 Å². The molecule has 0 aliphatic heterocycles. The zero-order valence-electron chi connectivity index (χ0n) is 12.9. The number of nitrogens with one attached hydrogen (secondary N) is 2. The molecule has 2 rings (SSSR count). The Morgan fingerprint density at radius 2 is 2.00 bits per heavy atom. The smallest absolute Gasteiger partial charge is 0.323 e. The van der Waals surface area contributed by atoms with Gasteiger partial charge in [-0.25, -0.2) is 9.78 Å². The second kappa shape index (κ2) is 8.02. The number of rotatable bonds is 6. The van der Waals surface area contributed by atoms with Gasteiger partial charge in [0.1, 0.15) is 11.6 Å². The maximum Gasteiger partial charge on any atom is 0.323 e. The Hall–Kier alpha value is -2.56. The van der Waals surface area contributed by atoms with E-state index in [0.717, 1.165) is 24.2 Å². The molecule has 0 fully saturated rings. The zero-order chi connectivity index (χ0) is 15.8. The van der Waals surface area contributed by atoms with E-state index in [1.54, 1.807) is 12.3 Å². The summed E-state index contributed by atoms with van der Waals surface area (Å²) < 4.78 is 5.48. The molecule has 0 saturated heterocycles. The highest BCUT2D eigenvalue weighted by Crippen LogP contribution is 2.13. The lowest BCUT2D eigenvalue weighted by Crippen LogP contribution is -2.32. The molecule has 0 spiro atoms. The monoisotopic (exact) mass is 299 g/mol. The van der Waals surface area contributed by atoms with E-state index in [0.29, 0.717) is 5.82 Å². The van der Waals surface area contributed by atoms with Crippen molar-refractivity contribution in [1.29, 1.82) is 0 Å². The summed E-state index contributed by atoms with van der Waals surface area (Å²) in [6, 6.07) is 11.2. The third-order valence-corrected chi connectivity index (χ3v) is 3.09. The fourth-order valence-corrected chi connectivity index (χ4v) is 1.99. The van der Waals surface area contributed by atoms with E-state index >= 15 is 0 Å². The van der Waals surface area contributed by atoms with Gasteiger partial charge in [0.15, 0.2) is 6.73 Å². The minimum atomic E-state index is -0.347. The fourth-order valence-electron chi connectivity index (χ4n) is 1.99. The summed E-state index contributed by atoms with van der Waals surface area (Å²) in [5.41, 5.74) is 2.32. The van der Waals surface area contributed by atoms with Crippen molar-refractivity contribution >= 4 is 11.8 Å². The molecule has 5 nitrogen and oxygen atoms in total. The van der Waals surface area contributed by atoms with Gasteiger partial charge in [-0.2, -0.15) is 0 Å². The van der Waals surface area contributed by atoms with E-state index in [9.17, 15) is 4.79 Å². The van der Waals surface area contributed by atoms with E-state index in [4.69, 9.17) is 4.74 Å². The molecule has 0 saturated carbocycles. The maximum absolute atomic E-state index is 11.7. The van der Waals surface area contributed by atoms with Crippen LogP contribution < -0.4 is 15.4 Å². The minimum absolute atomic E-state index is 0.102. The second-order valence-corrected chi connectivity index (χ2v) is 5.03. The van der Waals surface area contributed by atoms with Crippen LogP contribution in [-0.2, 0) is 6.42 Å². The zero-order valence-corrected chi connectivity index (χ0v) is 12.9. The molecule has 0 atom stereocenters. The summed E-state index contributed by atoms with van der Waals surface area (Å²) in [6.07, 6.45) is 3.83. The van der Waals surface area contributed by atoms with Gasteiger partial charge in [-0.1, -0.05) is 25.5 Å². The first kappa shape index (κ1) is 15.8. The quantitative estimate of drug-likeness (QED) is 0.802. The number of ether oxygens (including phenoxy) is 1. The number of carbonyl (C=O) groups excluding carboxylic acids is 1. The molecule has 1 aromatic heterocycles. The normalized spacial score (nSPS) is 10.1. The van der Waals surface area contributed by atoms with Crippen LogP contribution in [0.2, 0.25) is 0 Å². The Labute approximate surface area is 130 Å². The minimum Gasteiger partial charge on any atom is -0.473 e. The summed E-state index contributed by atoms with van der Waals surface area (Å²) in [5, 5.41) is 5.28. The molecule has 0 aliphatic carbocycles. The third kappa shape index (κ3) is 5.09. The van der Waals surface area contributed by atoms with Crippen molar-refractivity contribution in [2.75, 3.05) is 12.0 Å². The van der Waals surface area contributed by atoms with E-state index in [2.05, 4.69) is 22.5 Å². The number of anilines is 1. The van der Waals surface area contributed by atoms with Crippen molar-refractivity contribution in [2.24, 2.45) is 0 Å². The van der Waals surface area contributed by atoms with Gasteiger partial charge < -0.3 is 10.1 Å². The lowest BCUT2D eigenvalue weighted by atomic mass is 10.1. The predicted molar refractivity (Wildman–Crippen MR) is 87.1 cm³/mol. The topological polar surface area (TPSA) is 63.2 Å². The van der Waals surface area contributed by atoms with Crippen molar-refractivity contribution in [3.05, 3.63) is 53.7 Å². The van der Waals surface area contributed by atoms with Crippen molar-refractivity contribution < 1.29 is 9.53 Å². The van der Waals surface area contributed by atoms with Crippen LogP contribution in [0.15, 0.2) is 42.6 Å². The van der Waals surface area contributed by atoms with Gasteiger partial charge >= 0.3 is 6.03 Å². The maximum atomic E-state index is 11.7. The highest BCUT2D eigenvalue weighted by atomic mass is 16.5. The Balaban J connectivity index is 1.74. The van der Waals surface area contributed by atoms with E-state index in [-0.39, 0.29) is 12.8 Å². The summed E-state index contributed by atoms with van der Waals surface area (Å²) in [5.74, 6) is 1.25. The van der Waals surface area contributed by atoms with Crippen LogP contribution in [0.25, 0.3) is 0 Å². The number of hydrogen-bond acceptors (Lipinski definition) is 3. The molecule has 2 aromatic rings. The molecule has 1 heterocycles. The average molecular weight is 299 g/mol. The van der Waals surface area contributed by atoms with Crippen molar-refractivity contribution in [2.45, 2.75) is 26.7 Å². The van der Waals surface area contributed by atoms with Gasteiger partial charge in [0.2, 0.25) is 0 Å². The molecule has 0 bridgehead atoms. The Morgan fingerprint density at radius 3 is 2.68 bits per heavy atom. The van der Waals surface area contributed by atoms with Gasteiger partial charge in [-0.05, 0) is 48.7 Å². The van der Waals surface area contributed by atoms with Gasteiger partial charge in [0.05, 0.1) is 0 Å². The summed E-state index contributed by atoms with van der Waals surface area (Å²) in [7, 11) is 0. The first-order valence-corrected chi connectivity index (χ1v) is 7.36. The van der Waals surface area contributed by atoms with Crippen molar-refractivity contribution in [1.82, 2.24) is 10.3 Å². The number of nitrogens with zero attached hydrogens (tertiary/aromatic N) is 1. The van der Waals surface area contributed by atoms with Gasteiger partial charge in [0.25, 0.3) is 0 Å².